The van der Waals surface area contributed by atoms with E-state index in [9.17, 15) is 4.79 Å². The number of benzene rings is 2. The first-order valence-electron chi connectivity index (χ1n) is 8.88. The zero-order valence-corrected chi connectivity index (χ0v) is 16.8. The Morgan fingerprint density at radius 3 is 2.46 bits per heavy atom. The van der Waals surface area contributed by atoms with Gasteiger partial charge in [0.05, 0.1) is 7.11 Å². The number of nitrogens with zero attached hydrogens (tertiary/aromatic N) is 1. The molecule has 0 unspecified atom stereocenters. The molecule has 5 heteroatoms. The molecule has 0 aromatic heterocycles. The van der Waals surface area contributed by atoms with Gasteiger partial charge >= 0.3 is 0 Å². The second kappa shape index (κ2) is 10.4. The predicted molar refractivity (Wildman–Crippen MR) is 108 cm³/mol. The van der Waals surface area contributed by atoms with E-state index < -0.39 is 0 Å². The van der Waals surface area contributed by atoms with Crippen LogP contribution < -0.4 is 4.74 Å². The van der Waals surface area contributed by atoms with Gasteiger partial charge in [-0.05, 0) is 48.2 Å². The number of ether oxygens (including phenoxy) is 1. The van der Waals surface area contributed by atoms with Gasteiger partial charge in [-0.3, -0.25) is 4.79 Å². The van der Waals surface area contributed by atoms with Crippen molar-refractivity contribution in [1.29, 1.82) is 0 Å². The van der Waals surface area contributed by atoms with Gasteiger partial charge < -0.3 is 9.64 Å². The lowest BCUT2D eigenvalue weighted by atomic mass is 10.1. The fourth-order valence-electron chi connectivity index (χ4n) is 2.71. The van der Waals surface area contributed by atoms with Crippen molar-refractivity contribution >= 4 is 29.1 Å². The molecule has 0 N–H and O–H groups in total. The lowest BCUT2D eigenvalue weighted by Gasteiger charge is -2.23. The molecular weight excluding hydrogens is 369 g/mol. The maximum atomic E-state index is 12.6. The van der Waals surface area contributed by atoms with Crippen molar-refractivity contribution in [3.8, 4) is 5.75 Å². The second-order valence-electron chi connectivity index (χ2n) is 6.25. The summed E-state index contributed by atoms with van der Waals surface area (Å²) in [6.45, 7) is 3.29. The monoisotopic (exact) mass is 393 g/mol. The standard InChI is InChI=1S/C21H25Cl2NO2/c1-3-4-5-21(25)24(15-16-6-10-19(26-2)11-7-16)13-12-17-8-9-18(22)14-20(17)23/h6-11,14H,3-5,12-13,15H2,1-2H3. The average molecular weight is 394 g/mol. The molecule has 2 aromatic carbocycles. The Labute approximate surface area is 165 Å². The molecule has 0 fully saturated rings. The summed E-state index contributed by atoms with van der Waals surface area (Å²) in [4.78, 5) is 14.5. The van der Waals surface area contributed by atoms with Gasteiger partial charge in [0.1, 0.15) is 5.75 Å². The highest BCUT2D eigenvalue weighted by Crippen LogP contribution is 2.22. The Balaban J connectivity index is 2.07. The van der Waals surface area contributed by atoms with Crippen LogP contribution in [0.3, 0.4) is 0 Å². The van der Waals surface area contributed by atoms with Gasteiger partial charge in [-0.1, -0.05) is 54.7 Å². The largest absolute Gasteiger partial charge is 0.497 e. The number of unbranched alkanes of at least 4 members (excludes halogenated alkanes) is 1. The summed E-state index contributed by atoms with van der Waals surface area (Å²) in [5, 5.41) is 1.26. The maximum absolute atomic E-state index is 12.6. The van der Waals surface area contributed by atoms with E-state index in [-0.39, 0.29) is 5.91 Å². The van der Waals surface area contributed by atoms with E-state index in [0.29, 0.717) is 36.0 Å². The highest BCUT2D eigenvalue weighted by atomic mass is 35.5. The molecule has 0 radical (unpaired) electrons. The minimum Gasteiger partial charge on any atom is -0.497 e. The van der Waals surface area contributed by atoms with Crippen LogP contribution in [0.2, 0.25) is 10.0 Å². The summed E-state index contributed by atoms with van der Waals surface area (Å²) in [6, 6.07) is 13.3. The van der Waals surface area contributed by atoms with Gasteiger partial charge in [0.25, 0.3) is 0 Å². The highest BCUT2D eigenvalue weighted by Gasteiger charge is 2.14. The van der Waals surface area contributed by atoms with E-state index in [0.717, 1.165) is 29.7 Å². The lowest BCUT2D eigenvalue weighted by molar-refractivity contribution is -0.131. The van der Waals surface area contributed by atoms with E-state index in [1.807, 2.05) is 41.3 Å². The van der Waals surface area contributed by atoms with E-state index in [2.05, 4.69) is 6.92 Å². The number of hydrogen-bond acceptors (Lipinski definition) is 2. The normalized spacial score (nSPS) is 10.6. The Morgan fingerprint density at radius 2 is 1.85 bits per heavy atom. The van der Waals surface area contributed by atoms with E-state index >= 15 is 0 Å². The van der Waals surface area contributed by atoms with Crippen LogP contribution in [0, 0.1) is 0 Å². The smallest absolute Gasteiger partial charge is 0.222 e. The van der Waals surface area contributed by atoms with Crippen LogP contribution >= 0.6 is 23.2 Å². The van der Waals surface area contributed by atoms with Gasteiger partial charge in [0, 0.05) is 29.6 Å². The fraction of sp³-hybridized carbons (Fsp3) is 0.381. The van der Waals surface area contributed by atoms with Crippen molar-refractivity contribution in [2.24, 2.45) is 0 Å². The third-order valence-electron chi connectivity index (χ3n) is 4.30. The molecule has 0 bridgehead atoms. The summed E-state index contributed by atoms with van der Waals surface area (Å²) in [5.41, 5.74) is 2.08. The van der Waals surface area contributed by atoms with E-state index in [1.165, 1.54) is 0 Å². The number of methoxy groups -OCH3 is 1. The molecule has 0 saturated heterocycles. The van der Waals surface area contributed by atoms with Crippen LogP contribution in [-0.2, 0) is 17.8 Å². The van der Waals surface area contributed by atoms with Crippen LogP contribution in [-0.4, -0.2) is 24.5 Å². The average Bonchev–Trinajstić information content (AvgIpc) is 2.64. The van der Waals surface area contributed by atoms with Gasteiger partial charge in [0.15, 0.2) is 0 Å². The molecule has 2 aromatic rings. The summed E-state index contributed by atoms with van der Waals surface area (Å²) < 4.78 is 5.20. The first-order valence-corrected chi connectivity index (χ1v) is 9.63. The van der Waals surface area contributed by atoms with Crippen molar-refractivity contribution in [2.45, 2.75) is 39.2 Å². The molecule has 1 amide bonds. The summed E-state index contributed by atoms with van der Waals surface area (Å²) in [5.74, 6) is 0.985. The SMILES string of the molecule is CCCCC(=O)N(CCc1ccc(Cl)cc1Cl)Cc1ccc(OC)cc1. The van der Waals surface area contributed by atoms with Crippen molar-refractivity contribution < 1.29 is 9.53 Å². The molecule has 3 nitrogen and oxygen atoms in total. The van der Waals surface area contributed by atoms with Crippen LogP contribution in [0.1, 0.15) is 37.3 Å². The molecule has 0 aliphatic heterocycles. The number of carbonyl (C=O) groups excluding carboxylic acids is 1. The lowest BCUT2D eigenvalue weighted by Crippen LogP contribution is -2.32. The minimum atomic E-state index is 0.174. The van der Waals surface area contributed by atoms with Crippen molar-refractivity contribution in [3.05, 3.63) is 63.6 Å². The van der Waals surface area contributed by atoms with Crippen molar-refractivity contribution in [3.63, 3.8) is 0 Å². The van der Waals surface area contributed by atoms with E-state index in [4.69, 9.17) is 27.9 Å². The molecule has 0 atom stereocenters. The zero-order chi connectivity index (χ0) is 18.9. The highest BCUT2D eigenvalue weighted by molar-refractivity contribution is 6.35. The molecule has 0 aliphatic carbocycles. The molecule has 0 aliphatic rings. The molecule has 0 saturated carbocycles. The summed E-state index contributed by atoms with van der Waals surface area (Å²) in [7, 11) is 1.64. The van der Waals surface area contributed by atoms with Crippen molar-refractivity contribution in [1.82, 2.24) is 4.90 Å². The first kappa shape index (κ1) is 20.6. The summed E-state index contributed by atoms with van der Waals surface area (Å²) >= 11 is 12.2. The van der Waals surface area contributed by atoms with Crippen LogP contribution in [0.5, 0.6) is 5.75 Å². The number of amides is 1. The quantitative estimate of drug-likeness (QED) is 0.541. The number of halogens is 2. The van der Waals surface area contributed by atoms with Gasteiger partial charge in [0.2, 0.25) is 5.91 Å². The molecule has 0 heterocycles. The Bertz CT molecular complexity index is 716. The Kier molecular flexibility index (Phi) is 8.27. The third kappa shape index (κ3) is 6.22. The topological polar surface area (TPSA) is 29.5 Å². The van der Waals surface area contributed by atoms with Crippen molar-refractivity contribution in [2.75, 3.05) is 13.7 Å². The second-order valence-corrected chi connectivity index (χ2v) is 7.10. The van der Waals surface area contributed by atoms with Gasteiger partial charge in [-0.25, -0.2) is 0 Å². The maximum Gasteiger partial charge on any atom is 0.222 e. The molecule has 2 rings (SSSR count). The molecule has 140 valence electrons. The third-order valence-corrected chi connectivity index (χ3v) is 4.88. The summed E-state index contributed by atoms with van der Waals surface area (Å²) in [6.07, 6.45) is 3.18. The number of rotatable bonds is 9. The fourth-order valence-corrected chi connectivity index (χ4v) is 3.21. The molecule has 0 spiro atoms. The van der Waals surface area contributed by atoms with E-state index in [1.54, 1.807) is 13.2 Å². The number of hydrogen-bond donors (Lipinski definition) is 0. The van der Waals surface area contributed by atoms with Gasteiger partial charge in [-0.2, -0.15) is 0 Å². The molecular formula is C21H25Cl2NO2. The van der Waals surface area contributed by atoms with Gasteiger partial charge in [-0.15, -0.1) is 0 Å². The molecule has 26 heavy (non-hydrogen) atoms. The predicted octanol–water partition coefficient (Wildman–Crippen LogP) is 5.76. The minimum absolute atomic E-state index is 0.174. The zero-order valence-electron chi connectivity index (χ0n) is 15.3. The van der Waals surface area contributed by atoms with Crippen LogP contribution in [0.15, 0.2) is 42.5 Å². The van der Waals surface area contributed by atoms with Crippen LogP contribution in [0.25, 0.3) is 0 Å². The number of carbonyl (C=O) groups is 1. The first-order chi connectivity index (χ1) is 12.5. The van der Waals surface area contributed by atoms with Crippen LogP contribution in [0.4, 0.5) is 0 Å². The Morgan fingerprint density at radius 1 is 1.12 bits per heavy atom. The Hall–Kier alpha value is -1.71.